The molecule has 0 aliphatic carbocycles. The predicted octanol–water partition coefficient (Wildman–Crippen LogP) is 2.09. The molecule has 1 aliphatic rings. The fourth-order valence-corrected chi connectivity index (χ4v) is 3.18. The number of fused-ring (bicyclic) bond motifs is 1. The van der Waals surface area contributed by atoms with Crippen molar-refractivity contribution in [3.63, 3.8) is 0 Å². The third-order valence-electron chi connectivity index (χ3n) is 4.47. The lowest BCUT2D eigenvalue weighted by atomic mass is 9.87. The zero-order chi connectivity index (χ0) is 15.0. The van der Waals surface area contributed by atoms with Crippen LogP contribution in [0.25, 0.3) is 10.9 Å². The lowest BCUT2D eigenvalue weighted by Crippen LogP contribution is -2.48. The van der Waals surface area contributed by atoms with Gasteiger partial charge in [0.15, 0.2) is 0 Å². The molecular weight excluding hydrogens is 264 g/mol. The standard InChI is InChI=1S/C16H22N4O/c1-11-8-12-14(18-10-19-15(12)17)9-13(11)16(2,3)20-4-6-21-7-5-20/h8-10H,4-7H2,1-3H3,(H2,17,18,19). The smallest absolute Gasteiger partial charge is 0.134 e. The minimum atomic E-state index is -0.0538. The number of rotatable bonds is 2. The Labute approximate surface area is 125 Å². The van der Waals surface area contributed by atoms with Crippen molar-refractivity contribution in [1.29, 1.82) is 0 Å². The van der Waals surface area contributed by atoms with Crippen LogP contribution in [-0.2, 0) is 10.3 Å². The quantitative estimate of drug-likeness (QED) is 0.915. The number of benzene rings is 1. The molecule has 112 valence electrons. The first kappa shape index (κ1) is 14.2. The first-order chi connectivity index (χ1) is 10.00. The molecule has 5 nitrogen and oxygen atoms in total. The summed E-state index contributed by atoms with van der Waals surface area (Å²) >= 11 is 0. The summed E-state index contributed by atoms with van der Waals surface area (Å²) in [6.45, 7) is 10.2. The van der Waals surface area contributed by atoms with E-state index in [0.29, 0.717) is 5.82 Å². The fraction of sp³-hybridized carbons (Fsp3) is 0.500. The van der Waals surface area contributed by atoms with Gasteiger partial charge in [0.1, 0.15) is 12.1 Å². The van der Waals surface area contributed by atoms with Crippen molar-refractivity contribution in [2.75, 3.05) is 32.0 Å². The van der Waals surface area contributed by atoms with Gasteiger partial charge >= 0.3 is 0 Å². The highest BCUT2D eigenvalue weighted by atomic mass is 16.5. The van der Waals surface area contributed by atoms with Crippen LogP contribution in [0.2, 0.25) is 0 Å². The van der Waals surface area contributed by atoms with Gasteiger partial charge in [-0.2, -0.15) is 0 Å². The van der Waals surface area contributed by atoms with Crippen LogP contribution in [0.5, 0.6) is 0 Å². The van der Waals surface area contributed by atoms with Gasteiger partial charge in [-0.1, -0.05) is 0 Å². The van der Waals surface area contributed by atoms with Crippen molar-refractivity contribution in [3.8, 4) is 0 Å². The van der Waals surface area contributed by atoms with Crippen molar-refractivity contribution in [1.82, 2.24) is 14.9 Å². The minimum Gasteiger partial charge on any atom is -0.383 e. The summed E-state index contributed by atoms with van der Waals surface area (Å²) in [7, 11) is 0. The number of hydrogen-bond acceptors (Lipinski definition) is 5. The number of morpholine rings is 1. The molecule has 2 N–H and O–H groups in total. The Morgan fingerprint density at radius 3 is 2.62 bits per heavy atom. The molecule has 1 aromatic carbocycles. The van der Waals surface area contributed by atoms with Crippen LogP contribution in [0.1, 0.15) is 25.0 Å². The summed E-state index contributed by atoms with van der Waals surface area (Å²) in [6.07, 6.45) is 1.53. The van der Waals surface area contributed by atoms with Crippen LogP contribution in [0.4, 0.5) is 5.82 Å². The minimum absolute atomic E-state index is 0.0538. The van der Waals surface area contributed by atoms with Gasteiger partial charge in [-0.3, -0.25) is 4.90 Å². The van der Waals surface area contributed by atoms with E-state index >= 15 is 0 Å². The van der Waals surface area contributed by atoms with Gasteiger partial charge in [0.2, 0.25) is 0 Å². The summed E-state index contributed by atoms with van der Waals surface area (Å²) in [5.41, 5.74) is 9.31. The van der Waals surface area contributed by atoms with Crippen molar-refractivity contribution >= 4 is 16.7 Å². The van der Waals surface area contributed by atoms with E-state index in [1.54, 1.807) is 0 Å². The molecule has 21 heavy (non-hydrogen) atoms. The SMILES string of the molecule is Cc1cc2c(N)ncnc2cc1C(C)(C)N1CCOCC1. The van der Waals surface area contributed by atoms with Gasteiger partial charge in [0.25, 0.3) is 0 Å². The van der Waals surface area contributed by atoms with Crippen LogP contribution in [0, 0.1) is 6.92 Å². The van der Waals surface area contributed by atoms with Crippen molar-refractivity contribution in [3.05, 3.63) is 29.6 Å². The maximum absolute atomic E-state index is 5.95. The highest BCUT2D eigenvalue weighted by Gasteiger charge is 2.31. The zero-order valence-corrected chi connectivity index (χ0v) is 12.9. The maximum Gasteiger partial charge on any atom is 0.134 e. The third-order valence-corrected chi connectivity index (χ3v) is 4.47. The fourth-order valence-electron chi connectivity index (χ4n) is 3.18. The second kappa shape index (κ2) is 5.24. The summed E-state index contributed by atoms with van der Waals surface area (Å²) in [5.74, 6) is 0.541. The Morgan fingerprint density at radius 2 is 1.90 bits per heavy atom. The number of nitrogens with two attached hydrogens (primary N) is 1. The lowest BCUT2D eigenvalue weighted by Gasteiger charge is -2.42. The van der Waals surface area contributed by atoms with Crippen molar-refractivity contribution in [2.45, 2.75) is 26.3 Å². The number of ether oxygens (including phenoxy) is 1. The van der Waals surface area contributed by atoms with E-state index < -0.39 is 0 Å². The molecule has 0 radical (unpaired) electrons. The normalized spacial score (nSPS) is 17.3. The molecule has 5 heteroatoms. The molecule has 0 saturated carbocycles. The van der Waals surface area contributed by atoms with E-state index in [2.05, 4.69) is 47.8 Å². The largest absolute Gasteiger partial charge is 0.383 e. The molecule has 0 unspecified atom stereocenters. The number of nitrogens with zero attached hydrogens (tertiary/aromatic N) is 3. The average molecular weight is 286 g/mol. The number of hydrogen-bond donors (Lipinski definition) is 1. The van der Waals surface area contributed by atoms with E-state index in [0.717, 1.165) is 37.2 Å². The van der Waals surface area contributed by atoms with E-state index in [1.807, 2.05) is 0 Å². The van der Waals surface area contributed by atoms with Crippen molar-refractivity contribution < 1.29 is 4.74 Å². The van der Waals surface area contributed by atoms with Gasteiger partial charge in [-0.15, -0.1) is 0 Å². The lowest BCUT2D eigenvalue weighted by molar-refractivity contribution is -0.0119. The molecule has 0 spiro atoms. The van der Waals surface area contributed by atoms with Gasteiger partial charge < -0.3 is 10.5 Å². The molecular formula is C16H22N4O. The van der Waals surface area contributed by atoms with E-state index in [9.17, 15) is 0 Å². The second-order valence-electron chi connectivity index (χ2n) is 6.10. The Balaban J connectivity index is 2.08. The molecule has 0 bridgehead atoms. The van der Waals surface area contributed by atoms with Crippen molar-refractivity contribution in [2.24, 2.45) is 0 Å². The molecule has 0 amide bonds. The highest BCUT2D eigenvalue weighted by molar-refractivity contribution is 5.89. The topological polar surface area (TPSA) is 64.3 Å². The molecule has 1 aliphatic heterocycles. The molecule has 1 aromatic heterocycles. The molecule has 3 rings (SSSR count). The molecule has 1 fully saturated rings. The average Bonchev–Trinajstić information content (AvgIpc) is 2.48. The number of nitrogen functional groups attached to an aromatic ring is 1. The second-order valence-corrected chi connectivity index (χ2v) is 6.10. The van der Waals surface area contributed by atoms with Crippen LogP contribution in [0.3, 0.4) is 0 Å². The van der Waals surface area contributed by atoms with Crippen LogP contribution < -0.4 is 5.73 Å². The van der Waals surface area contributed by atoms with Gasteiger partial charge in [0, 0.05) is 24.0 Å². The third kappa shape index (κ3) is 2.47. The highest BCUT2D eigenvalue weighted by Crippen LogP contribution is 2.33. The Hall–Kier alpha value is -1.72. The summed E-state index contributed by atoms with van der Waals surface area (Å²) < 4.78 is 5.47. The van der Waals surface area contributed by atoms with Gasteiger partial charge in [0.05, 0.1) is 18.7 Å². The zero-order valence-electron chi connectivity index (χ0n) is 12.9. The van der Waals surface area contributed by atoms with E-state index in [4.69, 9.17) is 10.5 Å². The number of anilines is 1. The monoisotopic (exact) mass is 286 g/mol. The first-order valence-electron chi connectivity index (χ1n) is 7.34. The molecule has 2 heterocycles. The Bertz CT molecular complexity index is 663. The summed E-state index contributed by atoms with van der Waals surface area (Å²) in [5, 5.41) is 0.927. The summed E-state index contributed by atoms with van der Waals surface area (Å²) in [4.78, 5) is 10.9. The molecule has 1 saturated heterocycles. The predicted molar refractivity (Wildman–Crippen MR) is 84.1 cm³/mol. The molecule has 0 atom stereocenters. The van der Waals surface area contributed by atoms with Gasteiger partial charge in [-0.25, -0.2) is 9.97 Å². The Morgan fingerprint density at radius 1 is 1.19 bits per heavy atom. The van der Waals surface area contributed by atoms with Gasteiger partial charge in [-0.05, 0) is 44.0 Å². The number of aryl methyl sites for hydroxylation is 1. The van der Waals surface area contributed by atoms with Crippen LogP contribution in [-0.4, -0.2) is 41.2 Å². The Kier molecular flexibility index (Phi) is 3.55. The van der Waals surface area contributed by atoms with Crippen LogP contribution >= 0.6 is 0 Å². The van der Waals surface area contributed by atoms with E-state index in [1.165, 1.54) is 17.5 Å². The number of aromatic nitrogens is 2. The maximum atomic E-state index is 5.95. The summed E-state index contributed by atoms with van der Waals surface area (Å²) in [6, 6.07) is 4.25. The molecule has 2 aromatic rings. The van der Waals surface area contributed by atoms with E-state index in [-0.39, 0.29) is 5.54 Å². The first-order valence-corrected chi connectivity index (χ1v) is 7.34. The van der Waals surface area contributed by atoms with Crippen LogP contribution in [0.15, 0.2) is 18.5 Å².